The molecule has 4 N–H and O–H groups in total. The van der Waals surface area contributed by atoms with Crippen LogP contribution in [0.15, 0.2) is 4.90 Å². The first-order chi connectivity index (χ1) is 3.27. The van der Waals surface area contributed by atoms with Gasteiger partial charge in [-0.25, -0.2) is 0 Å². The molecule has 0 rings (SSSR count). The molecule has 0 saturated heterocycles. The molecule has 0 unspecified atom stereocenters. The molecule has 7 heavy (non-hydrogen) atoms. The lowest BCUT2D eigenvalue weighted by molar-refractivity contribution is 0.604. The third kappa shape index (κ3) is 5.43. The lowest BCUT2D eigenvalue weighted by Gasteiger charge is -1.80. The van der Waals surface area contributed by atoms with Crippen molar-refractivity contribution in [3.8, 4) is 0 Å². The molecule has 0 aromatic heterocycles. The summed E-state index contributed by atoms with van der Waals surface area (Å²) in [5.74, 6) is -0.0802. The van der Waals surface area contributed by atoms with Crippen molar-refractivity contribution in [3.63, 3.8) is 0 Å². The topological polar surface area (TPSA) is 81.5 Å². The fraction of sp³-hybridized carbons (Fsp3) is 0. The average Bonchev–Trinajstić information content (AvgIpc) is 1.61. The Morgan fingerprint density at radius 3 is 2.43 bits per heavy atom. The molecule has 4 nitrogen and oxygen atoms in total. The normalized spacial score (nSPS) is 8.00. The number of hydrogen-bond acceptors (Lipinski definition) is 2. The quantitative estimate of drug-likeness (QED) is 0.212. The van der Waals surface area contributed by atoms with Gasteiger partial charge in [0.05, 0.1) is 0 Å². The minimum absolute atomic E-state index is 0.0802. The molecule has 0 heterocycles. The first kappa shape index (κ1) is 6.43. The number of nitrogens with two attached hydrogens (primary N) is 2. The number of nitrogens with zero attached hydrogens (tertiary/aromatic N) is 1. The molecule has 0 saturated carbocycles. The molecule has 0 aromatic rings. The van der Waals surface area contributed by atoms with E-state index in [0.717, 1.165) is 7.13 Å². The Labute approximate surface area is 43.4 Å². The molecule has 0 bridgehead atoms. The zero-order chi connectivity index (χ0) is 5.70. The molecule has 0 spiro atoms. The summed E-state index contributed by atoms with van der Waals surface area (Å²) in [5, 5.41) is 0. The lowest BCUT2D eigenvalue weighted by atomic mass is 10.4. The third-order valence-electron chi connectivity index (χ3n) is 0.254. The summed E-state index contributed by atoms with van der Waals surface area (Å²) in [4.78, 5) is 3.27. The van der Waals surface area contributed by atoms with Crippen molar-refractivity contribution in [3.05, 3.63) is 0 Å². The summed E-state index contributed by atoms with van der Waals surface area (Å²) in [5.41, 5.74) is 9.66. The van der Waals surface area contributed by atoms with Crippen molar-refractivity contribution < 1.29 is 4.57 Å². The van der Waals surface area contributed by atoms with Gasteiger partial charge in [-0.2, -0.15) is 0 Å². The van der Waals surface area contributed by atoms with Gasteiger partial charge >= 0.3 is 7.13 Å². The van der Waals surface area contributed by atoms with Gasteiger partial charge in [0.15, 0.2) is 5.96 Å². The molecule has 0 fully saturated rings. The predicted octanol–water partition coefficient (Wildman–Crippen LogP) is -0.914. The second kappa shape index (κ2) is 3.62. The van der Waals surface area contributed by atoms with Crippen LogP contribution in [0, 0.1) is 0 Å². The van der Waals surface area contributed by atoms with Crippen LogP contribution in [0.1, 0.15) is 0 Å². The van der Waals surface area contributed by atoms with Gasteiger partial charge in [-0.1, -0.05) is 0 Å². The van der Waals surface area contributed by atoms with E-state index in [-0.39, 0.29) is 14.3 Å². The van der Waals surface area contributed by atoms with Crippen molar-refractivity contribution in [1.82, 2.24) is 0 Å². The molecule has 0 aliphatic heterocycles. The first-order valence-electron chi connectivity index (χ1n) is 1.50. The largest absolute Gasteiger partial charge is 0.399 e. The molecule has 0 aromatic carbocycles. The summed E-state index contributed by atoms with van der Waals surface area (Å²) < 4.78 is 9.53. The van der Waals surface area contributed by atoms with Crippen LogP contribution in [0.25, 0.3) is 0 Å². The molecule has 0 aliphatic carbocycles. The second-order valence-corrected chi connectivity index (χ2v) is 1.22. The van der Waals surface area contributed by atoms with E-state index in [1.54, 1.807) is 0 Å². The monoisotopic (exact) mass is 116 g/mol. The van der Waals surface area contributed by atoms with Crippen LogP contribution in [0.2, 0.25) is 0 Å². The summed E-state index contributed by atoms with van der Waals surface area (Å²) in [7, 11) is 0.896. The molecule has 0 aliphatic rings. The smallest absolute Gasteiger partial charge is 0.371 e. The molecular weight excluding hydrogens is 112 g/mol. The molecule has 37 valence electrons. The Kier molecular flexibility index (Phi) is 3.33. The van der Waals surface area contributed by atoms with E-state index in [1.807, 2.05) is 0 Å². The fourth-order valence-electron chi connectivity index (χ4n) is 0.0902. The molecule has 0 atom stereocenters. The Morgan fingerprint density at radius 1 is 1.71 bits per heavy atom. The van der Waals surface area contributed by atoms with Crippen LogP contribution in [-0.4, -0.2) is 13.1 Å². The van der Waals surface area contributed by atoms with Crippen molar-refractivity contribution >= 4 is 21.4 Å². The van der Waals surface area contributed by atoms with Gasteiger partial charge in [-0.05, 0) is 0 Å². The van der Waals surface area contributed by atoms with Gasteiger partial charge in [-0.15, -0.1) is 0 Å². The van der Waals surface area contributed by atoms with Crippen molar-refractivity contribution in [1.29, 1.82) is 0 Å². The van der Waals surface area contributed by atoms with E-state index < -0.39 is 0 Å². The molecule has 1 radical (unpaired) electrons. The number of rotatable bonds is 2. The Morgan fingerprint density at radius 2 is 2.29 bits per heavy atom. The lowest BCUT2D eigenvalue weighted by Crippen LogP contribution is -2.22. The average molecular weight is 116 g/mol. The van der Waals surface area contributed by atoms with E-state index in [0.29, 0.717) is 0 Å². The van der Waals surface area contributed by atoms with Gasteiger partial charge in [-0.3, -0.25) is 4.57 Å². The highest BCUT2D eigenvalue weighted by Gasteiger charge is 1.81. The Hall–Kier alpha value is -0.565. The van der Waals surface area contributed by atoms with E-state index in [2.05, 4.69) is 4.90 Å². The SMILES string of the molecule is NC(N)=N[B]P=O. The first-order valence-corrected chi connectivity index (χ1v) is 2.38. The highest BCUT2D eigenvalue weighted by Crippen LogP contribution is 1.82. The van der Waals surface area contributed by atoms with Crippen LogP contribution in [-0.2, 0) is 4.57 Å². The Balaban J connectivity index is 3.25. The fourth-order valence-corrected chi connectivity index (χ4v) is 0.271. The maximum Gasteiger partial charge on any atom is 0.399 e. The minimum atomic E-state index is -0.182. The highest BCUT2D eigenvalue weighted by molar-refractivity contribution is 7.60. The van der Waals surface area contributed by atoms with Crippen LogP contribution in [0.4, 0.5) is 0 Å². The van der Waals surface area contributed by atoms with E-state index in [9.17, 15) is 4.57 Å². The van der Waals surface area contributed by atoms with Gasteiger partial charge < -0.3 is 16.4 Å². The number of hydrogen-bond donors (Lipinski definition) is 2. The van der Waals surface area contributed by atoms with Crippen molar-refractivity contribution in [2.45, 2.75) is 0 Å². The zero-order valence-electron chi connectivity index (χ0n) is 3.53. The zero-order valence-corrected chi connectivity index (χ0v) is 4.43. The predicted molar refractivity (Wildman–Crippen MR) is 29.2 cm³/mol. The standard InChI is InChI=1S/CH4BN3OP/c3-1(4)5-2-7-6/h(H4,3,4,5). The minimum Gasteiger partial charge on any atom is -0.371 e. The summed E-state index contributed by atoms with van der Waals surface area (Å²) in [6, 6.07) is 0. The van der Waals surface area contributed by atoms with Gasteiger partial charge in [0.2, 0.25) is 0 Å². The highest BCUT2D eigenvalue weighted by atomic mass is 31.1. The van der Waals surface area contributed by atoms with Gasteiger partial charge in [0, 0.05) is 0 Å². The number of guanidine groups is 1. The summed E-state index contributed by atoms with van der Waals surface area (Å²) in [6.45, 7) is 0. The van der Waals surface area contributed by atoms with Crippen molar-refractivity contribution in [2.75, 3.05) is 0 Å². The van der Waals surface area contributed by atoms with E-state index in [1.165, 1.54) is 0 Å². The molecule has 0 amide bonds. The van der Waals surface area contributed by atoms with Crippen molar-refractivity contribution in [2.24, 2.45) is 16.4 Å². The third-order valence-corrected chi connectivity index (χ3v) is 0.464. The van der Waals surface area contributed by atoms with Crippen LogP contribution < -0.4 is 11.5 Å². The van der Waals surface area contributed by atoms with Crippen LogP contribution in [0.3, 0.4) is 0 Å². The van der Waals surface area contributed by atoms with E-state index >= 15 is 0 Å². The summed E-state index contributed by atoms with van der Waals surface area (Å²) >= 11 is 0. The molecular formula is CH4BN3OP. The Bertz CT molecular complexity index is 88.9. The van der Waals surface area contributed by atoms with Crippen LogP contribution >= 0.6 is 8.34 Å². The maximum atomic E-state index is 9.53. The maximum absolute atomic E-state index is 9.53. The van der Waals surface area contributed by atoms with Gasteiger partial charge in [0.1, 0.15) is 8.34 Å². The van der Waals surface area contributed by atoms with Crippen LogP contribution in [0.5, 0.6) is 0 Å². The van der Waals surface area contributed by atoms with Gasteiger partial charge in [0.25, 0.3) is 0 Å². The summed E-state index contributed by atoms with van der Waals surface area (Å²) in [6.07, 6.45) is 0. The van der Waals surface area contributed by atoms with E-state index in [4.69, 9.17) is 11.5 Å². The molecule has 6 heteroatoms. The second-order valence-electron chi connectivity index (χ2n) is 0.775.